The smallest absolute Gasteiger partial charge is 0.415 e. The van der Waals surface area contributed by atoms with Gasteiger partial charge in [-0.25, -0.2) is 4.79 Å². The summed E-state index contributed by atoms with van der Waals surface area (Å²) in [6, 6.07) is 21.8. The first-order valence-corrected chi connectivity index (χ1v) is 9.45. The second kappa shape index (κ2) is 7.77. The Balaban J connectivity index is 1.69. The number of anilines is 1. The second-order valence-electron chi connectivity index (χ2n) is 6.88. The lowest BCUT2D eigenvalue weighted by Gasteiger charge is -2.25. The van der Waals surface area contributed by atoms with Gasteiger partial charge in [0.05, 0.1) is 18.8 Å². The molecule has 1 heterocycles. The predicted octanol–water partition coefficient (Wildman–Crippen LogP) is 5.36. The molecule has 4 rings (SSSR count). The van der Waals surface area contributed by atoms with Crippen molar-refractivity contribution in [3.05, 3.63) is 84.9 Å². The van der Waals surface area contributed by atoms with Crippen LogP contribution in [0.4, 0.5) is 10.5 Å². The van der Waals surface area contributed by atoms with Gasteiger partial charge in [0.1, 0.15) is 11.9 Å². The largest absolute Gasteiger partial charge is 0.495 e. The van der Waals surface area contributed by atoms with Crippen molar-refractivity contribution in [2.24, 2.45) is 0 Å². The Morgan fingerprint density at radius 2 is 1.82 bits per heavy atom. The molecule has 0 aliphatic carbocycles. The van der Waals surface area contributed by atoms with E-state index in [1.807, 2.05) is 54.6 Å². The zero-order chi connectivity index (χ0) is 19.5. The van der Waals surface area contributed by atoms with Crippen LogP contribution >= 0.6 is 0 Å². The summed E-state index contributed by atoms with van der Waals surface area (Å²) in [6.45, 7) is 3.98. The maximum atomic E-state index is 12.9. The van der Waals surface area contributed by atoms with Crippen molar-refractivity contribution in [3.63, 3.8) is 0 Å². The highest BCUT2D eigenvalue weighted by molar-refractivity contribution is 6.05. The maximum Gasteiger partial charge on any atom is 0.415 e. The van der Waals surface area contributed by atoms with Crippen molar-refractivity contribution < 1.29 is 14.3 Å². The van der Waals surface area contributed by atoms with Gasteiger partial charge in [-0.3, -0.25) is 4.90 Å². The van der Waals surface area contributed by atoms with E-state index in [4.69, 9.17) is 9.47 Å². The van der Waals surface area contributed by atoms with Gasteiger partial charge in [0.15, 0.2) is 0 Å². The van der Waals surface area contributed by atoms with Crippen molar-refractivity contribution in [1.29, 1.82) is 0 Å². The molecule has 2 atom stereocenters. The molecule has 0 bridgehead atoms. The van der Waals surface area contributed by atoms with E-state index in [0.29, 0.717) is 5.75 Å². The third-order valence-electron chi connectivity index (χ3n) is 5.25. The van der Waals surface area contributed by atoms with E-state index in [1.54, 1.807) is 18.1 Å². The summed E-state index contributed by atoms with van der Waals surface area (Å²) < 4.78 is 11.4. The molecule has 0 unspecified atom stereocenters. The molecule has 0 aromatic heterocycles. The number of fused-ring (bicyclic) bond motifs is 1. The van der Waals surface area contributed by atoms with Gasteiger partial charge in [-0.1, -0.05) is 66.7 Å². The monoisotopic (exact) mass is 373 g/mol. The molecule has 1 aliphatic heterocycles. The summed E-state index contributed by atoms with van der Waals surface area (Å²) in [5.41, 5.74) is 1.96. The lowest BCUT2D eigenvalue weighted by Crippen LogP contribution is -2.35. The number of carbonyl (C=O) groups is 1. The van der Waals surface area contributed by atoms with E-state index < -0.39 is 0 Å². The Morgan fingerprint density at radius 3 is 2.57 bits per heavy atom. The minimum absolute atomic E-state index is 0.254. The number of aryl methyl sites for hydroxylation is 1. The highest BCUT2D eigenvalue weighted by atomic mass is 16.6. The summed E-state index contributed by atoms with van der Waals surface area (Å²) in [6.07, 6.45) is 2.74. The quantitative estimate of drug-likeness (QED) is 0.546. The Kier molecular flexibility index (Phi) is 5.02. The van der Waals surface area contributed by atoms with Crippen LogP contribution in [-0.4, -0.2) is 25.3 Å². The van der Waals surface area contributed by atoms with Crippen LogP contribution in [0.25, 0.3) is 10.8 Å². The number of amides is 1. The first-order valence-electron chi connectivity index (χ1n) is 9.45. The van der Waals surface area contributed by atoms with E-state index in [-0.39, 0.29) is 18.2 Å². The predicted molar refractivity (Wildman–Crippen MR) is 112 cm³/mol. The van der Waals surface area contributed by atoms with Gasteiger partial charge in [0.25, 0.3) is 0 Å². The van der Waals surface area contributed by atoms with Crippen LogP contribution in [0.1, 0.15) is 12.0 Å². The third-order valence-corrected chi connectivity index (χ3v) is 5.25. The van der Waals surface area contributed by atoms with Crippen LogP contribution in [0.5, 0.6) is 5.75 Å². The molecule has 1 amide bonds. The molecule has 1 aliphatic rings. The lowest BCUT2D eigenvalue weighted by atomic mass is 10.00. The van der Waals surface area contributed by atoms with Crippen molar-refractivity contribution in [3.8, 4) is 5.75 Å². The minimum Gasteiger partial charge on any atom is -0.495 e. The second-order valence-corrected chi connectivity index (χ2v) is 6.88. The van der Waals surface area contributed by atoms with Crippen molar-refractivity contribution in [1.82, 2.24) is 0 Å². The lowest BCUT2D eigenvalue weighted by molar-refractivity contribution is 0.131. The normalized spacial score (nSPS) is 18.9. The standard InChI is InChI=1S/C24H23NO3/c1-3-20-21(15-13-17-9-5-4-6-10-17)28-24(26)25(20)23-19-12-8-7-11-18(19)14-16-22(23)27-2/h3-12,14,16,20-21H,1,13,15H2,2H3/t20-,21+/m0/s1. The Bertz CT molecular complexity index is 999. The molecule has 28 heavy (non-hydrogen) atoms. The van der Waals surface area contributed by atoms with Gasteiger partial charge >= 0.3 is 6.09 Å². The highest BCUT2D eigenvalue weighted by Gasteiger charge is 2.42. The first-order chi connectivity index (χ1) is 13.7. The molecular formula is C24H23NO3. The number of nitrogens with zero attached hydrogens (tertiary/aromatic N) is 1. The Labute approximate surface area is 165 Å². The fourth-order valence-corrected chi connectivity index (χ4v) is 3.87. The summed E-state index contributed by atoms with van der Waals surface area (Å²) in [7, 11) is 1.62. The Hall–Kier alpha value is -3.27. The highest BCUT2D eigenvalue weighted by Crippen LogP contribution is 2.41. The molecule has 1 saturated heterocycles. The van der Waals surface area contributed by atoms with Crippen LogP contribution in [-0.2, 0) is 11.2 Å². The van der Waals surface area contributed by atoms with Crippen LogP contribution in [0, 0.1) is 0 Å². The molecule has 1 fully saturated rings. The van der Waals surface area contributed by atoms with Gasteiger partial charge in [0.2, 0.25) is 0 Å². The summed E-state index contributed by atoms with van der Waals surface area (Å²) in [5.74, 6) is 0.645. The number of cyclic esters (lactones) is 1. The summed E-state index contributed by atoms with van der Waals surface area (Å²) >= 11 is 0. The molecule has 4 heteroatoms. The molecule has 3 aromatic carbocycles. The van der Waals surface area contributed by atoms with Crippen LogP contribution in [0.3, 0.4) is 0 Å². The van der Waals surface area contributed by atoms with Crippen LogP contribution in [0.15, 0.2) is 79.4 Å². The fourth-order valence-electron chi connectivity index (χ4n) is 3.87. The average Bonchev–Trinajstić information content (AvgIpc) is 3.06. The van der Waals surface area contributed by atoms with Crippen LogP contribution in [0.2, 0.25) is 0 Å². The molecule has 0 radical (unpaired) electrons. The van der Waals surface area contributed by atoms with Gasteiger partial charge in [0, 0.05) is 5.39 Å². The number of ether oxygens (including phenoxy) is 2. The minimum atomic E-state index is -0.363. The van der Waals surface area contributed by atoms with E-state index in [9.17, 15) is 4.79 Å². The zero-order valence-corrected chi connectivity index (χ0v) is 15.9. The van der Waals surface area contributed by atoms with Gasteiger partial charge < -0.3 is 9.47 Å². The zero-order valence-electron chi connectivity index (χ0n) is 15.9. The van der Waals surface area contributed by atoms with Gasteiger partial charge in [-0.2, -0.15) is 0 Å². The number of hydrogen-bond donors (Lipinski definition) is 0. The van der Waals surface area contributed by atoms with E-state index in [1.165, 1.54) is 5.56 Å². The molecule has 4 nitrogen and oxygen atoms in total. The van der Waals surface area contributed by atoms with E-state index in [0.717, 1.165) is 29.3 Å². The molecule has 3 aromatic rings. The number of rotatable bonds is 6. The van der Waals surface area contributed by atoms with Gasteiger partial charge in [-0.05, 0) is 29.9 Å². The fraction of sp³-hybridized carbons (Fsp3) is 0.208. The molecule has 142 valence electrons. The third kappa shape index (κ3) is 3.22. The Morgan fingerprint density at radius 1 is 1.07 bits per heavy atom. The number of methoxy groups -OCH3 is 1. The van der Waals surface area contributed by atoms with E-state index >= 15 is 0 Å². The maximum absolute atomic E-state index is 12.9. The number of benzene rings is 3. The van der Waals surface area contributed by atoms with E-state index in [2.05, 4.69) is 18.7 Å². The van der Waals surface area contributed by atoms with Crippen molar-refractivity contribution in [2.75, 3.05) is 12.0 Å². The average molecular weight is 373 g/mol. The first kappa shape index (κ1) is 18.1. The number of hydrogen-bond acceptors (Lipinski definition) is 3. The molecular weight excluding hydrogens is 350 g/mol. The SMILES string of the molecule is C=C[C@H]1[C@@H](CCc2ccccc2)OC(=O)N1c1c(OC)ccc2ccccc12. The summed E-state index contributed by atoms with van der Waals surface area (Å²) in [4.78, 5) is 14.6. The number of carbonyl (C=O) groups excluding carboxylic acids is 1. The molecule has 0 N–H and O–H groups in total. The summed E-state index contributed by atoms with van der Waals surface area (Å²) in [5, 5.41) is 2.00. The van der Waals surface area contributed by atoms with Gasteiger partial charge in [-0.15, -0.1) is 6.58 Å². The molecule has 0 spiro atoms. The topological polar surface area (TPSA) is 38.8 Å². The molecule has 0 saturated carbocycles. The van der Waals surface area contributed by atoms with Crippen LogP contribution < -0.4 is 9.64 Å². The van der Waals surface area contributed by atoms with Crippen molar-refractivity contribution >= 4 is 22.6 Å². The van der Waals surface area contributed by atoms with Crippen molar-refractivity contribution in [2.45, 2.75) is 25.0 Å².